The van der Waals surface area contributed by atoms with E-state index in [9.17, 15) is 4.79 Å². The van der Waals surface area contributed by atoms with Crippen molar-refractivity contribution in [3.05, 3.63) is 46.3 Å². The Balaban J connectivity index is 3.03. The maximum atomic E-state index is 10.7. The van der Waals surface area contributed by atoms with Gasteiger partial charge in [-0.25, -0.2) is 0 Å². The highest BCUT2D eigenvalue weighted by Gasteiger charge is 2.24. The minimum atomic E-state index is -1.23. The Hall–Kier alpha value is -2.04. The number of azide groups is 1. The Morgan fingerprint density at radius 2 is 2.07 bits per heavy atom. The van der Waals surface area contributed by atoms with E-state index in [4.69, 9.17) is 16.4 Å². The van der Waals surface area contributed by atoms with Gasteiger partial charge >= 0.3 is 5.97 Å². The SMILES string of the molecule is [N-]=[N+]=NC(c1ccccc1)[C@H](N)C(=O)O. The number of carboxylic acids is 1. The van der Waals surface area contributed by atoms with E-state index in [1.165, 1.54) is 0 Å². The summed E-state index contributed by atoms with van der Waals surface area (Å²) in [6.07, 6.45) is 0. The van der Waals surface area contributed by atoms with Gasteiger partial charge in [-0.15, -0.1) is 0 Å². The number of benzene rings is 1. The molecule has 0 saturated carbocycles. The quantitative estimate of drug-likeness (QED) is 0.441. The number of carboxylic acid groups (broad SMARTS) is 1. The summed E-state index contributed by atoms with van der Waals surface area (Å²) >= 11 is 0. The predicted octanol–water partition coefficient (Wildman–Crippen LogP) is 1.45. The molecule has 1 rings (SSSR count). The third kappa shape index (κ3) is 2.70. The minimum absolute atomic E-state index is 0.588. The number of aliphatic carboxylic acids is 1. The second-order valence-electron chi connectivity index (χ2n) is 2.92. The van der Waals surface area contributed by atoms with Crippen LogP contribution in [0.1, 0.15) is 11.6 Å². The van der Waals surface area contributed by atoms with Crippen LogP contribution in [0.3, 0.4) is 0 Å². The van der Waals surface area contributed by atoms with Crippen LogP contribution in [0.25, 0.3) is 10.4 Å². The molecule has 2 atom stereocenters. The Labute approximate surface area is 86.0 Å². The number of nitrogens with zero attached hydrogens (tertiary/aromatic N) is 3. The lowest BCUT2D eigenvalue weighted by Crippen LogP contribution is -2.35. The summed E-state index contributed by atoms with van der Waals surface area (Å²) < 4.78 is 0. The van der Waals surface area contributed by atoms with Crippen molar-refractivity contribution in [2.45, 2.75) is 12.1 Å². The van der Waals surface area contributed by atoms with Crippen LogP contribution >= 0.6 is 0 Å². The van der Waals surface area contributed by atoms with Gasteiger partial charge in [0.2, 0.25) is 0 Å². The van der Waals surface area contributed by atoms with Gasteiger partial charge in [-0.1, -0.05) is 35.4 Å². The van der Waals surface area contributed by atoms with Crippen LogP contribution in [0.2, 0.25) is 0 Å². The fourth-order valence-electron chi connectivity index (χ4n) is 1.19. The van der Waals surface area contributed by atoms with Gasteiger partial charge in [-0.05, 0) is 11.1 Å². The molecule has 0 saturated heterocycles. The van der Waals surface area contributed by atoms with Crippen molar-refractivity contribution >= 4 is 5.97 Å². The standard InChI is InChI=1S/C9H10N4O2/c10-7(9(14)15)8(12-13-11)6-4-2-1-3-5-6/h1-5,7-8H,10H2,(H,14,15)/t7-,8?/m0/s1. The molecule has 1 aromatic carbocycles. The summed E-state index contributed by atoms with van der Waals surface area (Å²) in [5, 5.41) is 12.1. The molecule has 0 aliphatic rings. The highest BCUT2D eigenvalue weighted by Crippen LogP contribution is 2.20. The normalized spacial score (nSPS) is 13.7. The van der Waals surface area contributed by atoms with E-state index in [1.807, 2.05) is 0 Å². The molecule has 0 bridgehead atoms. The monoisotopic (exact) mass is 206 g/mol. The fourth-order valence-corrected chi connectivity index (χ4v) is 1.19. The molecule has 6 nitrogen and oxygen atoms in total. The molecule has 0 aromatic heterocycles. The first-order valence-electron chi connectivity index (χ1n) is 4.24. The largest absolute Gasteiger partial charge is 0.480 e. The Morgan fingerprint density at radius 3 is 2.53 bits per heavy atom. The topological polar surface area (TPSA) is 112 Å². The summed E-state index contributed by atoms with van der Waals surface area (Å²) in [5.41, 5.74) is 14.3. The van der Waals surface area contributed by atoms with Crippen LogP contribution in [-0.2, 0) is 4.79 Å². The molecule has 78 valence electrons. The van der Waals surface area contributed by atoms with E-state index in [1.54, 1.807) is 30.3 Å². The van der Waals surface area contributed by atoms with Gasteiger partial charge in [0.25, 0.3) is 0 Å². The summed E-state index contributed by atoms with van der Waals surface area (Å²) in [6.45, 7) is 0. The van der Waals surface area contributed by atoms with Crippen LogP contribution in [0.4, 0.5) is 0 Å². The van der Waals surface area contributed by atoms with Crippen molar-refractivity contribution in [3.8, 4) is 0 Å². The van der Waals surface area contributed by atoms with Gasteiger partial charge in [0.1, 0.15) is 6.04 Å². The molecule has 3 N–H and O–H groups in total. The van der Waals surface area contributed by atoms with Crippen LogP contribution in [0.15, 0.2) is 35.4 Å². The fraction of sp³-hybridized carbons (Fsp3) is 0.222. The molecular formula is C9H10N4O2. The van der Waals surface area contributed by atoms with Gasteiger partial charge in [-0.3, -0.25) is 4.79 Å². The summed E-state index contributed by atoms with van der Waals surface area (Å²) in [4.78, 5) is 13.3. The predicted molar refractivity (Wildman–Crippen MR) is 53.9 cm³/mol. The van der Waals surface area contributed by atoms with E-state index in [0.717, 1.165) is 0 Å². The van der Waals surface area contributed by atoms with Crippen LogP contribution in [0, 0.1) is 0 Å². The van der Waals surface area contributed by atoms with Crippen molar-refractivity contribution in [2.75, 3.05) is 0 Å². The molecule has 1 unspecified atom stereocenters. The third-order valence-electron chi connectivity index (χ3n) is 1.94. The molecule has 0 heterocycles. The van der Waals surface area contributed by atoms with Crippen LogP contribution < -0.4 is 5.73 Å². The van der Waals surface area contributed by atoms with Gasteiger partial charge < -0.3 is 10.8 Å². The summed E-state index contributed by atoms with van der Waals surface area (Å²) in [7, 11) is 0. The van der Waals surface area contributed by atoms with Crippen molar-refractivity contribution in [1.29, 1.82) is 0 Å². The lowest BCUT2D eigenvalue weighted by atomic mass is 10.0. The number of nitrogens with two attached hydrogens (primary N) is 1. The van der Waals surface area contributed by atoms with Gasteiger partial charge in [0.05, 0.1) is 6.04 Å². The highest BCUT2D eigenvalue weighted by atomic mass is 16.4. The average Bonchev–Trinajstić information content (AvgIpc) is 2.26. The van der Waals surface area contributed by atoms with E-state index in [0.29, 0.717) is 5.56 Å². The van der Waals surface area contributed by atoms with Crippen molar-refractivity contribution in [2.24, 2.45) is 10.8 Å². The lowest BCUT2D eigenvalue weighted by Gasteiger charge is -2.15. The van der Waals surface area contributed by atoms with Gasteiger partial charge in [0, 0.05) is 4.91 Å². The first-order chi connectivity index (χ1) is 7.16. The van der Waals surface area contributed by atoms with Crippen molar-refractivity contribution in [1.82, 2.24) is 0 Å². The third-order valence-corrected chi connectivity index (χ3v) is 1.94. The molecule has 0 spiro atoms. The number of hydrogen-bond acceptors (Lipinski definition) is 3. The summed E-state index contributed by atoms with van der Waals surface area (Å²) in [5.74, 6) is -1.20. The molecule has 0 radical (unpaired) electrons. The molecule has 0 aliphatic carbocycles. The van der Waals surface area contributed by atoms with Gasteiger partial charge in [-0.2, -0.15) is 0 Å². The number of hydrogen-bond donors (Lipinski definition) is 2. The molecule has 6 heteroatoms. The Morgan fingerprint density at radius 1 is 1.47 bits per heavy atom. The smallest absolute Gasteiger partial charge is 0.321 e. The van der Waals surface area contributed by atoms with Crippen molar-refractivity contribution in [3.63, 3.8) is 0 Å². The van der Waals surface area contributed by atoms with E-state index >= 15 is 0 Å². The van der Waals surface area contributed by atoms with Crippen molar-refractivity contribution < 1.29 is 9.90 Å². The maximum absolute atomic E-state index is 10.7. The average molecular weight is 206 g/mol. The number of carbonyl (C=O) groups is 1. The molecule has 15 heavy (non-hydrogen) atoms. The van der Waals surface area contributed by atoms with E-state index in [2.05, 4.69) is 10.0 Å². The molecule has 0 amide bonds. The minimum Gasteiger partial charge on any atom is -0.480 e. The van der Waals surface area contributed by atoms with E-state index in [-0.39, 0.29) is 0 Å². The number of rotatable bonds is 4. The second kappa shape index (κ2) is 4.99. The van der Waals surface area contributed by atoms with Crippen LogP contribution in [0.5, 0.6) is 0 Å². The maximum Gasteiger partial charge on any atom is 0.321 e. The van der Waals surface area contributed by atoms with E-state index < -0.39 is 18.1 Å². The molecular weight excluding hydrogens is 196 g/mol. The molecule has 0 fully saturated rings. The zero-order valence-corrected chi connectivity index (χ0v) is 7.82. The van der Waals surface area contributed by atoms with Gasteiger partial charge in [0.15, 0.2) is 0 Å². The first-order valence-corrected chi connectivity index (χ1v) is 4.24. The lowest BCUT2D eigenvalue weighted by molar-refractivity contribution is -0.139. The second-order valence-corrected chi connectivity index (χ2v) is 2.92. The first kappa shape index (κ1) is 11.0. The van der Waals surface area contributed by atoms with Crippen LogP contribution in [-0.4, -0.2) is 17.1 Å². The Kier molecular flexibility index (Phi) is 3.68. The molecule has 0 aliphatic heterocycles. The highest BCUT2D eigenvalue weighted by molar-refractivity contribution is 5.74. The Bertz CT molecular complexity index is 386. The summed E-state index contributed by atoms with van der Waals surface area (Å²) in [6, 6.07) is 6.46. The zero-order valence-electron chi connectivity index (χ0n) is 7.82. The molecule has 1 aromatic rings. The zero-order chi connectivity index (χ0) is 11.3.